The number of fused-ring (bicyclic) bond motifs is 1. The highest BCUT2D eigenvalue weighted by Crippen LogP contribution is 2.32. The van der Waals surface area contributed by atoms with Gasteiger partial charge in [0.05, 0.1) is 26.9 Å². The minimum absolute atomic E-state index is 0.0243. The van der Waals surface area contributed by atoms with Crippen LogP contribution in [0.2, 0.25) is 10.0 Å². The predicted octanol–water partition coefficient (Wildman–Crippen LogP) is 3.93. The predicted molar refractivity (Wildman–Crippen MR) is 95.6 cm³/mol. The zero-order chi connectivity index (χ0) is 18.3. The maximum absolute atomic E-state index is 12.7. The number of hydrogen-bond acceptors (Lipinski definition) is 3. The summed E-state index contributed by atoms with van der Waals surface area (Å²) < 4.78 is 0. The molecule has 2 aromatic rings. The van der Waals surface area contributed by atoms with Gasteiger partial charge in [0.15, 0.2) is 0 Å². The Morgan fingerprint density at radius 3 is 2.44 bits per heavy atom. The van der Waals surface area contributed by atoms with E-state index in [9.17, 15) is 14.4 Å². The van der Waals surface area contributed by atoms with Crippen LogP contribution in [0.3, 0.4) is 0 Å². The van der Waals surface area contributed by atoms with Crippen LogP contribution >= 0.6 is 23.2 Å². The average molecular weight is 376 g/mol. The summed E-state index contributed by atoms with van der Waals surface area (Å²) in [6.07, 6.45) is 1.42. The summed E-state index contributed by atoms with van der Waals surface area (Å²) in [5.41, 5.74) is 0.969. The lowest BCUT2D eigenvalue weighted by Crippen LogP contribution is -2.36. The maximum atomic E-state index is 12.7. The number of nitrogens with zero attached hydrogens (tertiary/aromatic N) is 1. The zero-order valence-electron chi connectivity index (χ0n) is 12.9. The van der Waals surface area contributed by atoms with Gasteiger partial charge in [-0.15, -0.1) is 0 Å². The minimum Gasteiger partial charge on any atom is -0.478 e. The maximum Gasteiger partial charge on any atom is 0.335 e. The van der Waals surface area contributed by atoms with E-state index >= 15 is 0 Å². The Kier molecular flexibility index (Phi) is 4.37. The molecule has 0 radical (unpaired) electrons. The second-order valence-electron chi connectivity index (χ2n) is 5.46. The molecular weight excluding hydrogens is 365 g/mol. The number of anilines is 1. The molecule has 1 amide bonds. The molecular formula is C18H11Cl2NO4. The summed E-state index contributed by atoms with van der Waals surface area (Å²) in [5.74, 6) is -2.16. The first-order chi connectivity index (χ1) is 11.8. The van der Waals surface area contributed by atoms with Crippen molar-refractivity contribution in [3.8, 4) is 0 Å². The normalized spacial score (nSPS) is 15.5. The van der Waals surface area contributed by atoms with Crippen molar-refractivity contribution in [2.75, 3.05) is 11.9 Å². The number of likely N-dealkylation sites (N-methyl/N-ethyl adjacent to an activating group) is 1. The number of amides is 1. The van der Waals surface area contributed by atoms with Crippen molar-refractivity contribution in [2.45, 2.75) is 0 Å². The van der Waals surface area contributed by atoms with Gasteiger partial charge in [0, 0.05) is 12.6 Å². The van der Waals surface area contributed by atoms with E-state index in [2.05, 4.69) is 0 Å². The molecule has 126 valence electrons. The lowest BCUT2D eigenvalue weighted by Gasteiger charge is -2.26. The summed E-state index contributed by atoms with van der Waals surface area (Å²) in [6.45, 7) is 0. The summed E-state index contributed by atoms with van der Waals surface area (Å²) in [5, 5.41) is 9.77. The largest absolute Gasteiger partial charge is 0.478 e. The molecule has 1 aliphatic heterocycles. The van der Waals surface area contributed by atoms with Crippen LogP contribution in [-0.2, 0) is 4.79 Å². The Morgan fingerprint density at radius 2 is 1.80 bits per heavy atom. The van der Waals surface area contributed by atoms with E-state index in [1.807, 2.05) is 0 Å². The van der Waals surface area contributed by atoms with Crippen LogP contribution in [0.1, 0.15) is 26.3 Å². The van der Waals surface area contributed by atoms with Crippen LogP contribution in [0.4, 0.5) is 5.69 Å². The highest BCUT2D eigenvalue weighted by atomic mass is 35.5. The van der Waals surface area contributed by atoms with Crippen LogP contribution in [0.5, 0.6) is 0 Å². The van der Waals surface area contributed by atoms with Crippen molar-refractivity contribution >= 4 is 52.6 Å². The molecule has 0 aliphatic carbocycles. The molecule has 25 heavy (non-hydrogen) atoms. The average Bonchev–Trinajstić information content (AvgIpc) is 2.59. The van der Waals surface area contributed by atoms with Gasteiger partial charge in [-0.3, -0.25) is 9.59 Å². The molecule has 3 rings (SSSR count). The lowest BCUT2D eigenvalue weighted by molar-refractivity contribution is -0.114. The molecule has 0 saturated heterocycles. The Bertz CT molecular complexity index is 966. The van der Waals surface area contributed by atoms with Crippen LogP contribution < -0.4 is 4.90 Å². The topological polar surface area (TPSA) is 74.7 Å². The summed E-state index contributed by atoms with van der Waals surface area (Å²) in [6, 6.07) is 8.81. The lowest BCUT2D eigenvalue weighted by atomic mass is 9.92. The van der Waals surface area contributed by atoms with Crippen LogP contribution in [0.25, 0.3) is 6.08 Å². The number of carbonyl (C=O) groups excluding carboxylic acids is 2. The third kappa shape index (κ3) is 3.04. The van der Waals surface area contributed by atoms with E-state index in [1.165, 1.54) is 36.2 Å². The first-order valence-electron chi connectivity index (χ1n) is 7.16. The molecule has 0 saturated carbocycles. The van der Waals surface area contributed by atoms with Gasteiger partial charge in [-0.2, -0.15) is 0 Å². The second kappa shape index (κ2) is 6.35. The van der Waals surface area contributed by atoms with Gasteiger partial charge >= 0.3 is 5.97 Å². The summed E-state index contributed by atoms with van der Waals surface area (Å²) >= 11 is 11.8. The highest BCUT2D eigenvalue weighted by molar-refractivity contribution is 6.42. The Balaban J connectivity index is 2.13. The van der Waals surface area contributed by atoms with E-state index in [4.69, 9.17) is 28.3 Å². The molecule has 7 heteroatoms. The van der Waals surface area contributed by atoms with Crippen molar-refractivity contribution in [3.05, 3.63) is 68.7 Å². The molecule has 5 nitrogen and oxygen atoms in total. The van der Waals surface area contributed by atoms with Crippen molar-refractivity contribution in [3.63, 3.8) is 0 Å². The van der Waals surface area contributed by atoms with E-state index in [-0.39, 0.29) is 16.7 Å². The number of halogens is 2. The highest BCUT2D eigenvalue weighted by Gasteiger charge is 2.33. The molecule has 0 spiro atoms. The fraction of sp³-hybridized carbons (Fsp3) is 0.0556. The van der Waals surface area contributed by atoms with Crippen LogP contribution in [0.15, 0.2) is 42.0 Å². The SMILES string of the molecule is CN1C(=O)/C(=C\c2ccc(Cl)c(Cl)c2)C(=O)c2cc(C(=O)O)ccc21. The van der Waals surface area contributed by atoms with Gasteiger partial charge in [-0.05, 0) is 42.0 Å². The molecule has 1 aliphatic rings. The van der Waals surface area contributed by atoms with Crippen molar-refractivity contribution in [1.82, 2.24) is 0 Å². The smallest absolute Gasteiger partial charge is 0.335 e. The van der Waals surface area contributed by atoms with Gasteiger partial charge < -0.3 is 10.0 Å². The first kappa shape index (κ1) is 17.2. The Labute approximate surface area is 153 Å². The minimum atomic E-state index is -1.15. The van der Waals surface area contributed by atoms with E-state index < -0.39 is 17.7 Å². The standard InChI is InChI=1S/C18H11Cl2NO4/c1-21-15-5-3-10(18(24)25)8-11(15)16(22)12(17(21)23)6-9-2-4-13(19)14(20)7-9/h2-8H,1H3,(H,24,25)/b12-6-. The quantitative estimate of drug-likeness (QED) is 0.637. The summed E-state index contributed by atoms with van der Waals surface area (Å²) in [4.78, 5) is 37.7. The Morgan fingerprint density at radius 1 is 1.08 bits per heavy atom. The third-order valence-electron chi connectivity index (χ3n) is 3.88. The number of carboxylic acid groups (broad SMARTS) is 1. The zero-order valence-corrected chi connectivity index (χ0v) is 14.4. The van der Waals surface area contributed by atoms with Crippen molar-refractivity contribution < 1.29 is 19.5 Å². The van der Waals surface area contributed by atoms with Gasteiger partial charge in [0.1, 0.15) is 0 Å². The number of benzene rings is 2. The van der Waals surface area contributed by atoms with E-state index in [0.717, 1.165) is 0 Å². The third-order valence-corrected chi connectivity index (χ3v) is 4.62. The molecule has 0 fully saturated rings. The Hall–Kier alpha value is -2.63. The monoisotopic (exact) mass is 375 g/mol. The fourth-order valence-electron chi connectivity index (χ4n) is 2.57. The van der Waals surface area contributed by atoms with Gasteiger partial charge in [0.25, 0.3) is 5.91 Å². The van der Waals surface area contributed by atoms with Gasteiger partial charge in [-0.1, -0.05) is 29.3 Å². The van der Waals surface area contributed by atoms with Gasteiger partial charge in [0.2, 0.25) is 5.78 Å². The van der Waals surface area contributed by atoms with Gasteiger partial charge in [-0.25, -0.2) is 4.79 Å². The molecule has 0 bridgehead atoms. The van der Waals surface area contributed by atoms with E-state index in [1.54, 1.807) is 18.2 Å². The number of carboxylic acids is 1. The molecule has 0 unspecified atom stereocenters. The molecule has 0 atom stereocenters. The molecule has 1 N–H and O–H groups in total. The number of aromatic carboxylic acids is 1. The van der Waals surface area contributed by atoms with Crippen molar-refractivity contribution in [2.24, 2.45) is 0 Å². The van der Waals surface area contributed by atoms with E-state index in [0.29, 0.717) is 21.3 Å². The molecule has 1 heterocycles. The van der Waals surface area contributed by atoms with Crippen LogP contribution in [-0.4, -0.2) is 29.8 Å². The number of hydrogen-bond donors (Lipinski definition) is 1. The number of ketones is 1. The van der Waals surface area contributed by atoms with Crippen molar-refractivity contribution in [1.29, 1.82) is 0 Å². The second-order valence-corrected chi connectivity index (χ2v) is 6.28. The number of Topliss-reactive ketones (excluding diaryl/α,β-unsaturated/α-hetero) is 1. The summed E-state index contributed by atoms with van der Waals surface area (Å²) in [7, 11) is 1.52. The number of carbonyl (C=O) groups is 3. The van der Waals surface area contributed by atoms with Crippen LogP contribution in [0, 0.1) is 0 Å². The fourth-order valence-corrected chi connectivity index (χ4v) is 2.88. The number of rotatable bonds is 2. The first-order valence-corrected chi connectivity index (χ1v) is 7.92. The molecule has 2 aromatic carbocycles. The molecule has 0 aromatic heterocycles.